The number of hydrogen-bond donors (Lipinski definition) is 1. The van der Waals surface area contributed by atoms with Gasteiger partial charge < -0.3 is 9.64 Å². The van der Waals surface area contributed by atoms with Gasteiger partial charge in [0.25, 0.3) is 0 Å². The fraction of sp³-hybridized carbons (Fsp3) is 0.391. The summed E-state index contributed by atoms with van der Waals surface area (Å²) in [6, 6.07) is 17.8. The number of nitrogens with one attached hydrogen (secondary N) is 1. The average molecular weight is 380 g/mol. The summed E-state index contributed by atoms with van der Waals surface area (Å²) >= 11 is 0. The minimum Gasteiger partial charge on any atom is -0.465 e. The number of nitrogens with zero attached hydrogens (tertiary/aromatic N) is 1. The number of benzene rings is 2. The number of carbonyl (C=O) groups is 2. The van der Waals surface area contributed by atoms with Crippen molar-refractivity contribution in [1.82, 2.24) is 10.2 Å². The van der Waals surface area contributed by atoms with Gasteiger partial charge in [-0.25, -0.2) is 0 Å². The Bertz CT molecular complexity index is 791. The van der Waals surface area contributed by atoms with Crippen molar-refractivity contribution in [3.8, 4) is 0 Å². The SMILES string of the molecule is CCOC(=O)C(CCc1ccccc1)NCC(=O)N1CCc2ccccc2C1. The van der Waals surface area contributed by atoms with Crippen molar-refractivity contribution in [2.45, 2.75) is 38.8 Å². The van der Waals surface area contributed by atoms with E-state index in [1.165, 1.54) is 11.1 Å². The van der Waals surface area contributed by atoms with Gasteiger partial charge in [0.1, 0.15) is 6.04 Å². The Balaban J connectivity index is 1.55. The van der Waals surface area contributed by atoms with Gasteiger partial charge in [0.15, 0.2) is 0 Å². The third-order valence-corrected chi connectivity index (χ3v) is 5.12. The zero-order chi connectivity index (χ0) is 19.8. The lowest BCUT2D eigenvalue weighted by Crippen LogP contribution is -2.46. The molecule has 2 aromatic rings. The highest BCUT2D eigenvalue weighted by atomic mass is 16.5. The molecule has 5 nitrogen and oxygen atoms in total. The third kappa shape index (κ3) is 5.42. The van der Waals surface area contributed by atoms with E-state index in [1.54, 1.807) is 6.92 Å². The summed E-state index contributed by atoms with van der Waals surface area (Å²) in [5.41, 5.74) is 3.68. The van der Waals surface area contributed by atoms with Crippen LogP contribution in [0.3, 0.4) is 0 Å². The lowest BCUT2D eigenvalue weighted by atomic mass is 10.00. The van der Waals surface area contributed by atoms with Crippen molar-refractivity contribution >= 4 is 11.9 Å². The van der Waals surface area contributed by atoms with Crippen LogP contribution in [0.2, 0.25) is 0 Å². The maximum atomic E-state index is 12.7. The van der Waals surface area contributed by atoms with Crippen LogP contribution in [0, 0.1) is 0 Å². The first-order valence-electron chi connectivity index (χ1n) is 9.96. The largest absolute Gasteiger partial charge is 0.465 e. The highest BCUT2D eigenvalue weighted by Crippen LogP contribution is 2.18. The molecular weight excluding hydrogens is 352 g/mol. The van der Waals surface area contributed by atoms with Crippen molar-refractivity contribution in [2.24, 2.45) is 0 Å². The van der Waals surface area contributed by atoms with Crippen LogP contribution < -0.4 is 5.32 Å². The Labute approximate surface area is 166 Å². The second-order valence-corrected chi connectivity index (χ2v) is 7.04. The van der Waals surface area contributed by atoms with Gasteiger partial charge >= 0.3 is 5.97 Å². The van der Waals surface area contributed by atoms with Gasteiger partial charge in [0.2, 0.25) is 5.91 Å². The summed E-state index contributed by atoms with van der Waals surface area (Å²) in [5.74, 6) is -0.279. The molecule has 148 valence electrons. The van der Waals surface area contributed by atoms with E-state index in [0.717, 1.165) is 18.4 Å². The molecule has 0 aromatic heterocycles. The van der Waals surface area contributed by atoms with E-state index in [2.05, 4.69) is 17.4 Å². The summed E-state index contributed by atoms with van der Waals surface area (Å²) < 4.78 is 5.19. The number of rotatable bonds is 8. The molecule has 1 heterocycles. The molecule has 1 unspecified atom stereocenters. The molecule has 0 bridgehead atoms. The van der Waals surface area contributed by atoms with E-state index < -0.39 is 6.04 Å². The molecule has 1 N–H and O–H groups in total. The lowest BCUT2D eigenvalue weighted by molar-refractivity contribution is -0.146. The molecule has 0 saturated carbocycles. The molecule has 1 atom stereocenters. The Hall–Kier alpha value is -2.66. The summed E-state index contributed by atoms with van der Waals surface area (Å²) in [5, 5.41) is 3.13. The van der Waals surface area contributed by atoms with Crippen LogP contribution in [-0.2, 0) is 33.7 Å². The number of ether oxygens (including phenoxy) is 1. The standard InChI is InChI=1S/C23H28N2O3/c1-2-28-23(27)21(13-12-18-8-4-3-5-9-18)24-16-22(26)25-15-14-19-10-6-7-11-20(19)17-25/h3-11,21,24H,2,12-17H2,1H3. The number of hydrogen-bond acceptors (Lipinski definition) is 4. The molecule has 0 radical (unpaired) electrons. The Morgan fingerprint density at radius 2 is 1.79 bits per heavy atom. The van der Waals surface area contributed by atoms with Crippen LogP contribution in [0.1, 0.15) is 30.0 Å². The van der Waals surface area contributed by atoms with Crippen molar-refractivity contribution in [3.63, 3.8) is 0 Å². The zero-order valence-corrected chi connectivity index (χ0v) is 16.4. The average Bonchev–Trinajstić information content (AvgIpc) is 2.74. The highest BCUT2D eigenvalue weighted by molar-refractivity contribution is 5.81. The summed E-state index contributed by atoms with van der Waals surface area (Å²) in [4.78, 5) is 26.8. The Morgan fingerprint density at radius 3 is 2.54 bits per heavy atom. The van der Waals surface area contributed by atoms with Gasteiger partial charge in [-0.2, -0.15) is 0 Å². The van der Waals surface area contributed by atoms with Crippen LogP contribution >= 0.6 is 0 Å². The van der Waals surface area contributed by atoms with Crippen LogP contribution in [0.5, 0.6) is 0 Å². The molecule has 5 heteroatoms. The molecule has 28 heavy (non-hydrogen) atoms. The Kier molecular flexibility index (Phi) is 7.20. The fourth-order valence-electron chi connectivity index (χ4n) is 3.53. The minimum absolute atomic E-state index is 0.0171. The van der Waals surface area contributed by atoms with Crippen molar-refractivity contribution in [1.29, 1.82) is 0 Å². The quantitative estimate of drug-likeness (QED) is 0.716. The molecule has 1 aliphatic rings. The smallest absolute Gasteiger partial charge is 0.323 e. The molecular formula is C23H28N2O3. The maximum Gasteiger partial charge on any atom is 0.323 e. The molecule has 2 aromatic carbocycles. The van der Waals surface area contributed by atoms with E-state index in [-0.39, 0.29) is 18.4 Å². The molecule has 1 amide bonds. The van der Waals surface area contributed by atoms with E-state index in [4.69, 9.17) is 4.74 Å². The van der Waals surface area contributed by atoms with E-state index in [9.17, 15) is 9.59 Å². The fourth-order valence-corrected chi connectivity index (χ4v) is 3.53. The topological polar surface area (TPSA) is 58.6 Å². The van der Waals surface area contributed by atoms with Crippen LogP contribution in [-0.4, -0.2) is 42.5 Å². The summed E-state index contributed by atoms with van der Waals surface area (Å²) in [6.07, 6.45) is 2.22. The minimum atomic E-state index is -0.485. The molecule has 3 rings (SSSR count). The molecule has 0 aliphatic carbocycles. The number of carbonyl (C=O) groups excluding carboxylic acids is 2. The molecule has 1 aliphatic heterocycles. The molecule has 0 saturated heterocycles. The highest BCUT2D eigenvalue weighted by Gasteiger charge is 2.24. The van der Waals surface area contributed by atoms with Gasteiger partial charge in [0, 0.05) is 13.1 Å². The van der Waals surface area contributed by atoms with Crippen molar-refractivity contribution in [3.05, 3.63) is 71.3 Å². The number of amides is 1. The van der Waals surface area contributed by atoms with E-state index in [1.807, 2.05) is 47.4 Å². The monoisotopic (exact) mass is 380 g/mol. The molecule has 0 spiro atoms. The number of aryl methyl sites for hydroxylation is 1. The lowest BCUT2D eigenvalue weighted by Gasteiger charge is -2.29. The van der Waals surface area contributed by atoms with Crippen molar-refractivity contribution in [2.75, 3.05) is 19.7 Å². The van der Waals surface area contributed by atoms with Gasteiger partial charge in [-0.3, -0.25) is 14.9 Å². The third-order valence-electron chi connectivity index (χ3n) is 5.12. The predicted molar refractivity (Wildman–Crippen MR) is 109 cm³/mol. The predicted octanol–water partition coefficient (Wildman–Crippen LogP) is 2.73. The van der Waals surface area contributed by atoms with Gasteiger partial charge in [0.05, 0.1) is 13.2 Å². The first-order valence-corrected chi connectivity index (χ1v) is 9.96. The number of esters is 1. The first kappa shape index (κ1) is 20.1. The zero-order valence-electron chi connectivity index (χ0n) is 16.4. The maximum absolute atomic E-state index is 12.7. The van der Waals surface area contributed by atoms with Gasteiger partial charge in [-0.15, -0.1) is 0 Å². The second-order valence-electron chi connectivity index (χ2n) is 7.04. The van der Waals surface area contributed by atoms with Crippen LogP contribution in [0.15, 0.2) is 54.6 Å². The Morgan fingerprint density at radius 1 is 1.07 bits per heavy atom. The van der Waals surface area contributed by atoms with Crippen LogP contribution in [0.25, 0.3) is 0 Å². The summed E-state index contributed by atoms with van der Waals surface area (Å²) in [7, 11) is 0. The molecule has 0 fully saturated rings. The van der Waals surface area contributed by atoms with Gasteiger partial charge in [-0.05, 0) is 42.9 Å². The van der Waals surface area contributed by atoms with Crippen molar-refractivity contribution < 1.29 is 14.3 Å². The first-order chi connectivity index (χ1) is 13.7. The van der Waals surface area contributed by atoms with E-state index in [0.29, 0.717) is 26.1 Å². The van der Waals surface area contributed by atoms with Crippen LogP contribution in [0.4, 0.5) is 0 Å². The van der Waals surface area contributed by atoms with E-state index >= 15 is 0 Å². The summed E-state index contributed by atoms with van der Waals surface area (Å²) in [6.45, 7) is 3.61. The second kappa shape index (κ2) is 10.0. The normalized spacial score (nSPS) is 14.2. The van der Waals surface area contributed by atoms with Gasteiger partial charge in [-0.1, -0.05) is 54.6 Å². The number of fused-ring (bicyclic) bond motifs is 1.